The van der Waals surface area contributed by atoms with Gasteiger partial charge in [-0.2, -0.15) is 0 Å². The molecule has 2 unspecified atom stereocenters. The number of hydrogen-bond acceptors (Lipinski definition) is 4. The molecule has 1 aliphatic heterocycles. The summed E-state index contributed by atoms with van der Waals surface area (Å²) in [5.41, 5.74) is 2.33. The van der Waals surface area contributed by atoms with E-state index in [2.05, 4.69) is 73.4 Å². The zero-order valence-electron chi connectivity index (χ0n) is 13.0. The lowest BCUT2D eigenvalue weighted by Crippen LogP contribution is -2.29. The van der Waals surface area contributed by atoms with Crippen LogP contribution in [-0.4, -0.2) is 34.0 Å². The standard InChI is InChI=1S/C17H21BrN4/c1-12-9-22(10-14-6-4-3-5-7-14)11-16(12)21-17-19-8-15(18)13(2)20-17/h3-8,12,16H,9-11H2,1-2H3,(H,19,20,21). The zero-order chi connectivity index (χ0) is 15.5. The first kappa shape index (κ1) is 15.4. The third-order valence-corrected chi connectivity index (χ3v) is 4.95. The summed E-state index contributed by atoms with van der Waals surface area (Å²) in [5, 5.41) is 3.49. The smallest absolute Gasteiger partial charge is 0.223 e. The Morgan fingerprint density at radius 2 is 2.05 bits per heavy atom. The molecule has 1 fully saturated rings. The highest BCUT2D eigenvalue weighted by Crippen LogP contribution is 2.22. The summed E-state index contributed by atoms with van der Waals surface area (Å²) in [5.74, 6) is 1.30. The summed E-state index contributed by atoms with van der Waals surface area (Å²) in [6, 6.07) is 11.0. The quantitative estimate of drug-likeness (QED) is 0.905. The highest BCUT2D eigenvalue weighted by molar-refractivity contribution is 9.10. The number of nitrogens with zero attached hydrogens (tertiary/aromatic N) is 3. The number of nitrogens with one attached hydrogen (secondary N) is 1. The van der Waals surface area contributed by atoms with Crippen molar-refractivity contribution in [3.8, 4) is 0 Å². The highest BCUT2D eigenvalue weighted by Gasteiger charge is 2.29. The van der Waals surface area contributed by atoms with E-state index in [1.807, 2.05) is 13.1 Å². The average molecular weight is 361 g/mol. The number of benzene rings is 1. The van der Waals surface area contributed by atoms with Crippen LogP contribution >= 0.6 is 15.9 Å². The molecular weight excluding hydrogens is 340 g/mol. The van der Waals surface area contributed by atoms with Crippen LogP contribution in [0.1, 0.15) is 18.2 Å². The van der Waals surface area contributed by atoms with Crippen molar-refractivity contribution in [1.82, 2.24) is 14.9 Å². The van der Waals surface area contributed by atoms with E-state index >= 15 is 0 Å². The van der Waals surface area contributed by atoms with Crippen molar-refractivity contribution in [1.29, 1.82) is 0 Å². The Bertz CT molecular complexity index is 632. The maximum atomic E-state index is 4.49. The van der Waals surface area contributed by atoms with E-state index in [1.54, 1.807) is 0 Å². The summed E-state index contributed by atoms with van der Waals surface area (Å²) in [4.78, 5) is 11.3. The molecule has 0 bridgehead atoms. The Kier molecular flexibility index (Phi) is 4.74. The van der Waals surface area contributed by atoms with Gasteiger partial charge in [-0.05, 0) is 34.3 Å². The number of halogens is 1. The Hall–Kier alpha value is -1.46. The van der Waals surface area contributed by atoms with Crippen LogP contribution < -0.4 is 5.32 Å². The van der Waals surface area contributed by atoms with E-state index in [0.717, 1.165) is 35.7 Å². The highest BCUT2D eigenvalue weighted by atomic mass is 79.9. The van der Waals surface area contributed by atoms with Gasteiger partial charge in [-0.3, -0.25) is 4.90 Å². The van der Waals surface area contributed by atoms with Gasteiger partial charge in [-0.15, -0.1) is 0 Å². The molecule has 0 radical (unpaired) electrons. The Balaban J connectivity index is 1.62. The summed E-state index contributed by atoms with van der Waals surface area (Å²) in [6.45, 7) is 7.39. The second-order valence-electron chi connectivity index (χ2n) is 6.03. The minimum Gasteiger partial charge on any atom is -0.350 e. The van der Waals surface area contributed by atoms with Crippen molar-refractivity contribution >= 4 is 21.9 Å². The maximum absolute atomic E-state index is 4.49. The molecule has 0 amide bonds. The molecule has 0 aliphatic carbocycles. The second kappa shape index (κ2) is 6.75. The number of rotatable bonds is 4. The van der Waals surface area contributed by atoms with Gasteiger partial charge in [-0.25, -0.2) is 9.97 Å². The van der Waals surface area contributed by atoms with Crippen molar-refractivity contribution < 1.29 is 0 Å². The van der Waals surface area contributed by atoms with Crippen molar-refractivity contribution in [2.24, 2.45) is 5.92 Å². The molecule has 2 aromatic rings. The summed E-state index contributed by atoms with van der Waals surface area (Å²) in [6.07, 6.45) is 1.81. The number of aryl methyl sites for hydroxylation is 1. The third kappa shape index (κ3) is 3.65. The van der Waals surface area contributed by atoms with Crippen molar-refractivity contribution in [3.63, 3.8) is 0 Å². The lowest BCUT2D eigenvalue weighted by atomic mass is 10.1. The average Bonchev–Trinajstić information content (AvgIpc) is 2.84. The molecule has 2 atom stereocenters. The molecule has 1 aromatic carbocycles. The fourth-order valence-electron chi connectivity index (χ4n) is 2.91. The van der Waals surface area contributed by atoms with Crippen LogP contribution in [-0.2, 0) is 6.54 Å². The first-order chi connectivity index (χ1) is 10.6. The minimum atomic E-state index is 0.393. The third-order valence-electron chi connectivity index (χ3n) is 4.17. The monoisotopic (exact) mass is 360 g/mol. The second-order valence-corrected chi connectivity index (χ2v) is 6.89. The van der Waals surface area contributed by atoms with Gasteiger partial charge in [0.1, 0.15) is 0 Å². The Morgan fingerprint density at radius 1 is 1.27 bits per heavy atom. The number of anilines is 1. The molecule has 22 heavy (non-hydrogen) atoms. The first-order valence-corrected chi connectivity index (χ1v) is 8.43. The SMILES string of the molecule is Cc1nc(NC2CN(Cc3ccccc3)CC2C)ncc1Br. The van der Waals surface area contributed by atoms with Crippen LogP contribution in [0.25, 0.3) is 0 Å². The molecule has 2 heterocycles. The lowest BCUT2D eigenvalue weighted by molar-refractivity contribution is 0.319. The summed E-state index contributed by atoms with van der Waals surface area (Å²) in [7, 11) is 0. The number of aromatic nitrogens is 2. The van der Waals surface area contributed by atoms with Gasteiger partial charge in [0.2, 0.25) is 5.95 Å². The Labute approximate surface area is 140 Å². The van der Waals surface area contributed by atoms with Gasteiger partial charge >= 0.3 is 0 Å². The fourth-order valence-corrected chi connectivity index (χ4v) is 3.10. The van der Waals surface area contributed by atoms with Gasteiger partial charge < -0.3 is 5.32 Å². The molecule has 1 N–H and O–H groups in total. The van der Waals surface area contributed by atoms with Crippen LogP contribution in [0, 0.1) is 12.8 Å². The maximum Gasteiger partial charge on any atom is 0.223 e. The molecule has 5 heteroatoms. The molecular formula is C17H21BrN4. The molecule has 0 spiro atoms. The van der Waals surface area contributed by atoms with Crippen LogP contribution in [0.2, 0.25) is 0 Å². The normalized spacial score (nSPS) is 22.0. The van der Waals surface area contributed by atoms with Gasteiger partial charge in [0, 0.05) is 31.9 Å². The van der Waals surface area contributed by atoms with Crippen molar-refractivity contribution in [3.05, 3.63) is 52.3 Å². The first-order valence-electron chi connectivity index (χ1n) is 7.64. The number of likely N-dealkylation sites (tertiary alicyclic amines) is 1. The molecule has 116 valence electrons. The van der Waals surface area contributed by atoms with Crippen LogP contribution in [0.15, 0.2) is 41.0 Å². The van der Waals surface area contributed by atoms with E-state index < -0.39 is 0 Å². The molecule has 0 saturated carbocycles. The van der Waals surface area contributed by atoms with E-state index in [-0.39, 0.29) is 0 Å². The van der Waals surface area contributed by atoms with Crippen LogP contribution in [0.3, 0.4) is 0 Å². The van der Waals surface area contributed by atoms with Crippen molar-refractivity contribution in [2.75, 3.05) is 18.4 Å². The molecule has 4 nitrogen and oxygen atoms in total. The van der Waals surface area contributed by atoms with E-state index in [4.69, 9.17) is 0 Å². The Morgan fingerprint density at radius 3 is 2.77 bits per heavy atom. The summed E-state index contributed by atoms with van der Waals surface area (Å²) >= 11 is 3.44. The largest absolute Gasteiger partial charge is 0.350 e. The van der Waals surface area contributed by atoms with Gasteiger partial charge in [0.15, 0.2) is 0 Å². The predicted octanol–water partition coefficient (Wildman–Crippen LogP) is 3.48. The van der Waals surface area contributed by atoms with E-state index in [0.29, 0.717) is 12.0 Å². The van der Waals surface area contributed by atoms with E-state index in [9.17, 15) is 0 Å². The zero-order valence-corrected chi connectivity index (χ0v) is 14.5. The molecule has 3 rings (SSSR count). The fraction of sp³-hybridized carbons (Fsp3) is 0.412. The summed E-state index contributed by atoms with van der Waals surface area (Å²) < 4.78 is 0.947. The van der Waals surface area contributed by atoms with Gasteiger partial charge in [-0.1, -0.05) is 37.3 Å². The molecule has 1 saturated heterocycles. The lowest BCUT2D eigenvalue weighted by Gasteiger charge is -2.17. The van der Waals surface area contributed by atoms with Crippen molar-refractivity contribution in [2.45, 2.75) is 26.4 Å². The van der Waals surface area contributed by atoms with E-state index in [1.165, 1.54) is 5.56 Å². The molecule has 1 aliphatic rings. The van der Waals surface area contributed by atoms with Crippen LogP contribution in [0.5, 0.6) is 0 Å². The number of hydrogen-bond donors (Lipinski definition) is 1. The van der Waals surface area contributed by atoms with Crippen LogP contribution in [0.4, 0.5) is 5.95 Å². The van der Waals surface area contributed by atoms with Gasteiger partial charge in [0.25, 0.3) is 0 Å². The predicted molar refractivity (Wildman–Crippen MR) is 92.8 cm³/mol. The topological polar surface area (TPSA) is 41.1 Å². The van der Waals surface area contributed by atoms with Gasteiger partial charge in [0.05, 0.1) is 10.2 Å². The minimum absolute atomic E-state index is 0.393. The molecule has 1 aromatic heterocycles.